The van der Waals surface area contributed by atoms with Crippen molar-refractivity contribution in [1.29, 1.82) is 0 Å². The number of nitrogens with zero attached hydrogens (tertiary/aromatic N) is 3. The summed E-state index contributed by atoms with van der Waals surface area (Å²) in [5.74, 6) is 2.53. The zero-order valence-electron chi connectivity index (χ0n) is 13.9. The van der Waals surface area contributed by atoms with Gasteiger partial charge < -0.3 is 9.80 Å². The van der Waals surface area contributed by atoms with Crippen molar-refractivity contribution in [3.8, 4) is 0 Å². The Kier molecular flexibility index (Phi) is 4.42. The summed E-state index contributed by atoms with van der Waals surface area (Å²) >= 11 is 2.05. The summed E-state index contributed by atoms with van der Waals surface area (Å²) in [6.07, 6.45) is 4.08. The Hall–Kier alpha value is -0.750. The van der Waals surface area contributed by atoms with Gasteiger partial charge in [-0.2, -0.15) is 11.8 Å². The lowest BCUT2D eigenvalue weighted by atomic mass is 9.85. The Balaban J connectivity index is 1.71. The number of carbonyl (C=O) groups excluding carboxylic acids is 2. The molecular formula is C16H27N3O2S. The first kappa shape index (κ1) is 16.1. The number of carbonyl (C=O) groups is 2. The number of likely N-dealkylation sites (N-methyl/N-ethyl adjacent to an activating group) is 1. The van der Waals surface area contributed by atoms with Crippen molar-refractivity contribution in [2.75, 3.05) is 31.6 Å². The van der Waals surface area contributed by atoms with Crippen LogP contribution in [-0.2, 0) is 4.79 Å². The third kappa shape index (κ3) is 2.44. The summed E-state index contributed by atoms with van der Waals surface area (Å²) < 4.78 is 0. The molecule has 0 N–H and O–H groups in total. The molecule has 3 aliphatic heterocycles. The maximum Gasteiger partial charge on any atom is 0.327 e. The molecule has 1 spiro atoms. The monoisotopic (exact) mass is 325 g/mol. The van der Waals surface area contributed by atoms with E-state index in [1.54, 1.807) is 11.9 Å². The van der Waals surface area contributed by atoms with Gasteiger partial charge in [0.1, 0.15) is 5.54 Å². The molecule has 0 aromatic heterocycles. The van der Waals surface area contributed by atoms with E-state index < -0.39 is 5.54 Å². The highest BCUT2D eigenvalue weighted by atomic mass is 32.2. The maximum atomic E-state index is 12.9. The first-order chi connectivity index (χ1) is 10.5. The molecule has 5 nitrogen and oxygen atoms in total. The van der Waals surface area contributed by atoms with E-state index in [2.05, 4.69) is 4.90 Å². The van der Waals surface area contributed by atoms with E-state index in [1.807, 2.05) is 25.6 Å². The van der Waals surface area contributed by atoms with E-state index in [-0.39, 0.29) is 18.0 Å². The van der Waals surface area contributed by atoms with Crippen LogP contribution in [0.5, 0.6) is 0 Å². The molecule has 0 aromatic rings. The van der Waals surface area contributed by atoms with Gasteiger partial charge in [0.15, 0.2) is 0 Å². The maximum absolute atomic E-state index is 12.9. The van der Waals surface area contributed by atoms with E-state index in [1.165, 1.54) is 29.2 Å². The summed E-state index contributed by atoms with van der Waals surface area (Å²) in [5.41, 5.74) is -0.582. The van der Waals surface area contributed by atoms with Crippen molar-refractivity contribution >= 4 is 23.7 Å². The molecule has 0 aromatic carbocycles. The fourth-order valence-electron chi connectivity index (χ4n) is 4.11. The van der Waals surface area contributed by atoms with Crippen molar-refractivity contribution in [2.24, 2.45) is 0 Å². The highest BCUT2D eigenvalue weighted by Gasteiger charge is 2.57. The van der Waals surface area contributed by atoms with Crippen LogP contribution in [0.3, 0.4) is 0 Å². The summed E-state index contributed by atoms with van der Waals surface area (Å²) in [5, 5.41) is 0. The van der Waals surface area contributed by atoms with Gasteiger partial charge in [-0.3, -0.25) is 9.69 Å². The van der Waals surface area contributed by atoms with Gasteiger partial charge in [-0.05, 0) is 51.0 Å². The average Bonchev–Trinajstić information content (AvgIpc) is 2.71. The van der Waals surface area contributed by atoms with Crippen molar-refractivity contribution in [3.63, 3.8) is 0 Å². The first-order valence-electron chi connectivity index (χ1n) is 8.40. The third-order valence-electron chi connectivity index (χ3n) is 5.60. The molecule has 3 saturated heterocycles. The lowest BCUT2D eigenvalue weighted by molar-refractivity contribution is -0.136. The minimum absolute atomic E-state index is 0.0221. The molecule has 0 radical (unpaired) electrons. The molecule has 124 valence electrons. The molecule has 0 unspecified atom stereocenters. The number of piperidine rings is 1. The average molecular weight is 325 g/mol. The zero-order chi connectivity index (χ0) is 15.9. The first-order valence-corrected chi connectivity index (χ1v) is 9.56. The lowest BCUT2D eigenvalue weighted by Crippen LogP contribution is -2.57. The minimum Gasteiger partial charge on any atom is -0.312 e. The van der Waals surface area contributed by atoms with Crippen LogP contribution in [0.2, 0.25) is 0 Å². The van der Waals surface area contributed by atoms with E-state index in [0.717, 1.165) is 25.9 Å². The smallest absolute Gasteiger partial charge is 0.312 e. The topological polar surface area (TPSA) is 43.9 Å². The summed E-state index contributed by atoms with van der Waals surface area (Å²) in [4.78, 5) is 31.0. The highest BCUT2D eigenvalue weighted by Crippen LogP contribution is 2.38. The van der Waals surface area contributed by atoms with Gasteiger partial charge in [-0.1, -0.05) is 0 Å². The van der Waals surface area contributed by atoms with Gasteiger partial charge in [0.2, 0.25) is 0 Å². The van der Waals surface area contributed by atoms with Crippen molar-refractivity contribution in [1.82, 2.24) is 14.7 Å². The van der Waals surface area contributed by atoms with Gasteiger partial charge >= 0.3 is 6.03 Å². The van der Waals surface area contributed by atoms with Crippen LogP contribution >= 0.6 is 11.8 Å². The quantitative estimate of drug-likeness (QED) is 0.729. The van der Waals surface area contributed by atoms with E-state index in [9.17, 15) is 9.59 Å². The molecule has 3 rings (SSSR count). The molecule has 3 amide bonds. The SMILES string of the molecule is CC(C)N1C(=O)N(C)C2(CCN(C3CCSCC3)CC2)C1=O. The van der Waals surface area contributed by atoms with E-state index in [0.29, 0.717) is 6.04 Å². The van der Waals surface area contributed by atoms with Crippen LogP contribution < -0.4 is 0 Å². The Morgan fingerprint density at radius 1 is 1.14 bits per heavy atom. The number of hydrogen-bond donors (Lipinski definition) is 0. The minimum atomic E-state index is -0.582. The van der Waals surface area contributed by atoms with Gasteiger partial charge in [0.05, 0.1) is 0 Å². The molecule has 6 heteroatoms. The second-order valence-electron chi connectivity index (χ2n) is 7.02. The molecule has 0 atom stereocenters. The number of likely N-dealkylation sites (tertiary alicyclic amines) is 1. The number of amides is 3. The fraction of sp³-hybridized carbons (Fsp3) is 0.875. The molecule has 0 aliphatic carbocycles. The van der Waals surface area contributed by atoms with Gasteiger partial charge in [0, 0.05) is 32.2 Å². The van der Waals surface area contributed by atoms with Crippen LogP contribution in [0.4, 0.5) is 4.79 Å². The number of urea groups is 1. The van der Waals surface area contributed by atoms with Crippen molar-refractivity contribution in [2.45, 2.75) is 57.2 Å². The fourth-order valence-corrected chi connectivity index (χ4v) is 5.19. The Labute approximate surface area is 137 Å². The van der Waals surface area contributed by atoms with Crippen molar-refractivity contribution in [3.05, 3.63) is 0 Å². The third-order valence-corrected chi connectivity index (χ3v) is 6.65. The van der Waals surface area contributed by atoms with Gasteiger partial charge in [0.25, 0.3) is 5.91 Å². The largest absolute Gasteiger partial charge is 0.327 e. The number of thioether (sulfide) groups is 1. The molecule has 0 bridgehead atoms. The van der Waals surface area contributed by atoms with Gasteiger partial charge in [-0.15, -0.1) is 0 Å². The number of imide groups is 1. The molecule has 3 fully saturated rings. The predicted molar refractivity (Wildman–Crippen MR) is 89.0 cm³/mol. The Bertz CT molecular complexity index is 454. The van der Waals surface area contributed by atoms with Crippen molar-refractivity contribution < 1.29 is 9.59 Å². The number of rotatable bonds is 2. The standard InChI is InChI=1S/C16H27N3O2S/c1-12(2)19-14(20)16(17(3)15(19)21)6-8-18(9-7-16)13-4-10-22-11-5-13/h12-13H,4-11H2,1-3H3. The van der Waals surface area contributed by atoms with E-state index >= 15 is 0 Å². The zero-order valence-corrected chi connectivity index (χ0v) is 14.7. The lowest BCUT2D eigenvalue weighted by Gasteiger charge is -2.44. The highest BCUT2D eigenvalue weighted by molar-refractivity contribution is 7.99. The van der Waals surface area contributed by atoms with Crippen LogP contribution in [0.25, 0.3) is 0 Å². The van der Waals surface area contributed by atoms with E-state index in [4.69, 9.17) is 0 Å². The molecular weight excluding hydrogens is 298 g/mol. The van der Waals surface area contributed by atoms with Crippen LogP contribution in [0.15, 0.2) is 0 Å². The van der Waals surface area contributed by atoms with Crippen LogP contribution in [0, 0.1) is 0 Å². The second kappa shape index (κ2) is 6.04. The normalized spacial score (nSPS) is 27.5. The number of hydrogen-bond acceptors (Lipinski definition) is 4. The molecule has 3 heterocycles. The predicted octanol–water partition coefficient (Wildman–Crippen LogP) is 2.02. The summed E-state index contributed by atoms with van der Waals surface area (Å²) in [6, 6.07) is 0.495. The molecule has 3 aliphatic rings. The summed E-state index contributed by atoms with van der Waals surface area (Å²) in [7, 11) is 1.80. The molecule has 22 heavy (non-hydrogen) atoms. The van der Waals surface area contributed by atoms with Gasteiger partial charge in [-0.25, -0.2) is 4.79 Å². The van der Waals surface area contributed by atoms with Crippen LogP contribution in [-0.4, -0.2) is 75.9 Å². The Morgan fingerprint density at radius 2 is 1.73 bits per heavy atom. The summed E-state index contributed by atoms with van der Waals surface area (Å²) in [6.45, 7) is 5.70. The van der Waals surface area contributed by atoms with Crippen LogP contribution in [0.1, 0.15) is 39.5 Å². The Morgan fingerprint density at radius 3 is 2.23 bits per heavy atom. The second-order valence-corrected chi connectivity index (χ2v) is 8.25. The molecule has 0 saturated carbocycles.